The topological polar surface area (TPSA) is 70.6 Å². The summed E-state index contributed by atoms with van der Waals surface area (Å²) in [6.07, 6.45) is 0. The average molecular weight is 300 g/mol. The minimum absolute atomic E-state index is 0. The number of hydrogen-bond acceptors (Lipinski definition) is 5. The number of nitrogens with one attached hydrogen (secondary N) is 1. The molecule has 1 aromatic carbocycles. The first-order chi connectivity index (χ1) is 8.19. The SMILES string of the molecule is Cc1cc(SOO[O-])ccc1C(=O)NCCCl.[Na+]. The van der Waals surface area contributed by atoms with E-state index in [0.29, 0.717) is 22.9 Å². The number of alkyl halides is 1. The molecule has 0 saturated carbocycles. The molecule has 1 N–H and O–H groups in total. The Bertz CT molecular complexity index is 394. The molecule has 0 aromatic heterocycles. The summed E-state index contributed by atoms with van der Waals surface area (Å²) in [5, 5.41) is 15.6. The van der Waals surface area contributed by atoms with Crippen LogP contribution in [0.2, 0.25) is 0 Å². The van der Waals surface area contributed by atoms with Gasteiger partial charge in [-0.15, -0.1) is 11.6 Å². The molecule has 0 aliphatic heterocycles. The van der Waals surface area contributed by atoms with E-state index in [2.05, 4.69) is 14.7 Å². The van der Waals surface area contributed by atoms with E-state index in [4.69, 9.17) is 11.6 Å². The molecule has 1 amide bonds. The molecule has 1 aromatic rings. The zero-order chi connectivity index (χ0) is 12.7. The van der Waals surface area contributed by atoms with Crippen LogP contribution in [-0.2, 0) is 9.37 Å². The van der Waals surface area contributed by atoms with E-state index >= 15 is 0 Å². The van der Waals surface area contributed by atoms with Crippen molar-refractivity contribution in [1.82, 2.24) is 5.32 Å². The molecule has 0 aliphatic rings. The first kappa shape index (κ1) is 18.2. The standard InChI is InChI=1S/C10H12ClNO4S.Na/c1-7-6-8(17-16-15-14)2-3-9(7)10(13)12-5-4-11;/h2-3,6,14H,4-5H2,1H3,(H,12,13);/q;+1/p-1. The maximum absolute atomic E-state index is 11.7. The third-order valence-corrected chi connectivity index (χ3v) is 2.74. The summed E-state index contributed by atoms with van der Waals surface area (Å²) in [7, 11) is 0. The number of carbonyl (C=O) groups excluding carboxylic acids is 1. The van der Waals surface area contributed by atoms with E-state index in [1.54, 1.807) is 25.1 Å². The summed E-state index contributed by atoms with van der Waals surface area (Å²) in [6.45, 7) is 2.21. The molecule has 18 heavy (non-hydrogen) atoms. The summed E-state index contributed by atoms with van der Waals surface area (Å²) < 4.78 is 4.18. The van der Waals surface area contributed by atoms with E-state index in [0.717, 1.165) is 17.6 Å². The second-order valence-electron chi connectivity index (χ2n) is 3.14. The van der Waals surface area contributed by atoms with Gasteiger partial charge in [-0.05, 0) is 30.7 Å². The van der Waals surface area contributed by atoms with Crippen molar-refractivity contribution in [3.05, 3.63) is 29.3 Å². The molecule has 0 atom stereocenters. The van der Waals surface area contributed by atoms with Crippen LogP contribution in [0.3, 0.4) is 0 Å². The maximum atomic E-state index is 11.7. The zero-order valence-corrected chi connectivity index (χ0v) is 13.6. The largest absolute Gasteiger partial charge is 1.00 e. The van der Waals surface area contributed by atoms with Gasteiger partial charge < -0.3 is 10.6 Å². The second-order valence-corrected chi connectivity index (χ2v) is 4.29. The van der Waals surface area contributed by atoms with Crippen LogP contribution in [0.25, 0.3) is 0 Å². The van der Waals surface area contributed by atoms with Crippen LogP contribution in [0.15, 0.2) is 23.1 Å². The van der Waals surface area contributed by atoms with Crippen LogP contribution in [0.4, 0.5) is 0 Å². The molecule has 0 spiro atoms. The molecule has 0 aliphatic carbocycles. The van der Waals surface area contributed by atoms with Crippen molar-refractivity contribution in [1.29, 1.82) is 0 Å². The molecular weight excluding hydrogens is 289 g/mol. The number of rotatable bonds is 6. The van der Waals surface area contributed by atoms with Crippen LogP contribution in [-0.4, -0.2) is 18.3 Å². The van der Waals surface area contributed by atoms with Crippen LogP contribution in [0.5, 0.6) is 0 Å². The minimum atomic E-state index is -0.180. The summed E-state index contributed by atoms with van der Waals surface area (Å²) in [4.78, 5) is 12.3. The third kappa shape index (κ3) is 5.90. The number of benzene rings is 1. The average Bonchev–Trinajstić information content (AvgIpc) is 2.33. The predicted octanol–water partition coefficient (Wildman–Crippen LogP) is -1.80. The van der Waals surface area contributed by atoms with Crippen LogP contribution in [0, 0.1) is 6.92 Å². The van der Waals surface area contributed by atoms with E-state index in [9.17, 15) is 10.1 Å². The fourth-order valence-electron chi connectivity index (χ4n) is 1.25. The van der Waals surface area contributed by atoms with Crippen molar-refractivity contribution in [2.75, 3.05) is 12.4 Å². The van der Waals surface area contributed by atoms with Gasteiger partial charge in [-0.2, -0.15) is 4.33 Å². The fraction of sp³-hybridized carbons (Fsp3) is 0.300. The molecule has 8 heteroatoms. The Morgan fingerprint density at radius 1 is 1.56 bits per heavy atom. The van der Waals surface area contributed by atoms with Crippen molar-refractivity contribution in [3.8, 4) is 0 Å². The maximum Gasteiger partial charge on any atom is 1.00 e. The van der Waals surface area contributed by atoms with Gasteiger partial charge in [0.25, 0.3) is 5.91 Å². The van der Waals surface area contributed by atoms with Crippen molar-refractivity contribution >= 4 is 29.6 Å². The van der Waals surface area contributed by atoms with Gasteiger partial charge in [0.1, 0.15) is 0 Å². The molecule has 0 heterocycles. The van der Waals surface area contributed by atoms with E-state index in [1.165, 1.54) is 0 Å². The van der Waals surface area contributed by atoms with Crippen LogP contribution in [0.1, 0.15) is 15.9 Å². The van der Waals surface area contributed by atoms with Crippen LogP contribution >= 0.6 is 23.6 Å². The molecule has 0 unspecified atom stereocenters. The van der Waals surface area contributed by atoms with Crippen molar-refractivity contribution in [2.45, 2.75) is 11.8 Å². The summed E-state index contributed by atoms with van der Waals surface area (Å²) in [5.74, 6) is 0.189. The van der Waals surface area contributed by atoms with Crippen molar-refractivity contribution in [2.24, 2.45) is 0 Å². The number of amides is 1. The Labute approximate surface area is 137 Å². The molecule has 0 bridgehead atoms. The monoisotopic (exact) mass is 299 g/mol. The molecule has 1 rings (SSSR count). The Morgan fingerprint density at radius 3 is 2.83 bits per heavy atom. The molecule has 94 valence electrons. The number of hydrogen-bond donors (Lipinski definition) is 1. The normalized spacial score (nSPS) is 9.72. The Balaban J connectivity index is 0.00000289. The van der Waals surface area contributed by atoms with Gasteiger partial charge in [0, 0.05) is 22.9 Å². The van der Waals surface area contributed by atoms with E-state index in [1.807, 2.05) is 0 Å². The summed E-state index contributed by atoms with van der Waals surface area (Å²) in [6, 6.07) is 5.03. The van der Waals surface area contributed by atoms with Gasteiger partial charge in [-0.1, -0.05) is 0 Å². The first-order valence-electron chi connectivity index (χ1n) is 4.77. The fourth-order valence-corrected chi connectivity index (χ4v) is 1.80. The molecule has 5 nitrogen and oxygen atoms in total. The summed E-state index contributed by atoms with van der Waals surface area (Å²) in [5.41, 5.74) is 1.33. The van der Waals surface area contributed by atoms with Gasteiger partial charge in [0.05, 0.1) is 12.0 Å². The Morgan fingerprint density at radius 2 is 2.28 bits per heavy atom. The molecule has 0 saturated heterocycles. The summed E-state index contributed by atoms with van der Waals surface area (Å²) >= 11 is 6.26. The Kier molecular flexibility index (Phi) is 10.2. The van der Waals surface area contributed by atoms with Crippen molar-refractivity contribution in [3.63, 3.8) is 0 Å². The first-order valence-corrected chi connectivity index (χ1v) is 6.04. The van der Waals surface area contributed by atoms with Gasteiger partial charge in [0.15, 0.2) is 0 Å². The predicted molar refractivity (Wildman–Crippen MR) is 62.3 cm³/mol. The second kappa shape index (κ2) is 10.1. The quantitative estimate of drug-likeness (QED) is 0.221. The zero-order valence-electron chi connectivity index (χ0n) is 10.1. The van der Waals surface area contributed by atoms with E-state index in [-0.39, 0.29) is 35.5 Å². The molecule has 0 fully saturated rings. The Hall–Kier alpha value is 0.210. The van der Waals surface area contributed by atoms with Gasteiger partial charge >= 0.3 is 29.6 Å². The third-order valence-electron chi connectivity index (χ3n) is 1.98. The van der Waals surface area contributed by atoms with Crippen molar-refractivity contribution < 1.29 is 49.0 Å². The number of aryl methyl sites for hydroxylation is 1. The minimum Gasteiger partial charge on any atom is -0.691 e. The van der Waals surface area contributed by atoms with Gasteiger partial charge in [0.2, 0.25) is 0 Å². The van der Waals surface area contributed by atoms with E-state index < -0.39 is 0 Å². The molecule has 0 radical (unpaired) electrons. The van der Waals surface area contributed by atoms with Crippen LogP contribution < -0.4 is 40.1 Å². The molecular formula is C10H11ClNNaO4S. The smallest absolute Gasteiger partial charge is 0.691 e. The number of halogens is 1. The number of carbonyl (C=O) groups is 1. The van der Waals surface area contributed by atoms with Gasteiger partial charge in [-0.3, -0.25) is 9.83 Å². The van der Waals surface area contributed by atoms with Gasteiger partial charge in [-0.25, -0.2) is 0 Å².